The van der Waals surface area contributed by atoms with Crippen molar-refractivity contribution in [1.29, 1.82) is 0 Å². The Morgan fingerprint density at radius 3 is 1.81 bits per heavy atom. The first-order chi connectivity index (χ1) is 19.7. The van der Waals surface area contributed by atoms with E-state index < -0.39 is 0 Å². The van der Waals surface area contributed by atoms with E-state index in [4.69, 9.17) is 0 Å². The van der Waals surface area contributed by atoms with Crippen molar-refractivity contribution in [2.75, 3.05) is 13.2 Å². The van der Waals surface area contributed by atoms with Crippen molar-refractivity contribution < 1.29 is 10.2 Å². The monoisotopic (exact) mass is 572 g/mol. The van der Waals surface area contributed by atoms with Crippen LogP contribution >= 0.6 is 0 Å². The molecule has 0 spiro atoms. The van der Waals surface area contributed by atoms with Crippen LogP contribution in [0.1, 0.15) is 108 Å². The van der Waals surface area contributed by atoms with Gasteiger partial charge in [0, 0.05) is 36.4 Å². The molecule has 4 atom stereocenters. The summed E-state index contributed by atoms with van der Waals surface area (Å²) in [5, 5.41) is 20.9. The van der Waals surface area contributed by atoms with Gasteiger partial charge in [0.1, 0.15) is 0 Å². The van der Waals surface area contributed by atoms with Crippen LogP contribution in [0.5, 0.6) is 0 Å². The zero-order valence-electron chi connectivity index (χ0n) is 28.5. The maximum Gasteiger partial charge on any atom is 0.0500 e. The van der Waals surface area contributed by atoms with Crippen molar-refractivity contribution in [2.45, 2.75) is 108 Å². The highest BCUT2D eigenvalue weighted by Crippen LogP contribution is 2.49. The van der Waals surface area contributed by atoms with Crippen LogP contribution in [0.25, 0.3) is 0 Å². The fourth-order valence-corrected chi connectivity index (χ4v) is 7.89. The molecule has 232 valence electrons. The van der Waals surface area contributed by atoms with Gasteiger partial charge >= 0.3 is 0 Å². The van der Waals surface area contributed by atoms with Crippen LogP contribution in [0, 0.1) is 34.0 Å². The molecule has 0 aromatic rings. The van der Waals surface area contributed by atoms with E-state index in [9.17, 15) is 10.2 Å². The summed E-state index contributed by atoms with van der Waals surface area (Å²) in [6, 6.07) is 0. The normalized spacial score (nSPS) is 31.1. The summed E-state index contributed by atoms with van der Waals surface area (Å²) in [5.41, 5.74) is 9.71. The minimum Gasteiger partial charge on any atom is -0.396 e. The molecule has 0 amide bonds. The van der Waals surface area contributed by atoms with Crippen molar-refractivity contribution in [3.8, 4) is 0 Å². The Morgan fingerprint density at radius 2 is 1.33 bits per heavy atom. The summed E-state index contributed by atoms with van der Waals surface area (Å²) in [6.45, 7) is 22.8. The van der Waals surface area contributed by atoms with E-state index in [0.717, 1.165) is 0 Å². The molecule has 0 aromatic heterocycles. The van der Waals surface area contributed by atoms with Crippen LogP contribution in [-0.4, -0.2) is 23.4 Å². The average molecular weight is 573 g/mol. The van der Waals surface area contributed by atoms with Crippen molar-refractivity contribution in [3.05, 3.63) is 93.7 Å². The summed E-state index contributed by atoms with van der Waals surface area (Å²) in [5.74, 6) is 0.00592. The standard InChI is InChI=1S/C40H60O2/c1-28(17-19-35-30(3)15-12-21-38(35,6)7)14-11-23-40(10)33(25-32(5)34(26-41)37(40)27-42)24-29(2)18-20-36-31(4)16-13-22-39(36,8)9/h11,14,17-20,23-25,33-34,37,41-42H,12-13,15-16,21-22,26-27H2,1-10H3/b19-17+,20-18+,23-11+,28-14+,29-24+/t33-,34+,37+,40+/m0/s1. The van der Waals surface area contributed by atoms with Gasteiger partial charge in [-0.1, -0.05) is 117 Å². The largest absolute Gasteiger partial charge is 0.396 e. The summed E-state index contributed by atoms with van der Waals surface area (Å²) in [4.78, 5) is 0. The predicted molar refractivity (Wildman–Crippen MR) is 182 cm³/mol. The van der Waals surface area contributed by atoms with Gasteiger partial charge in [-0.2, -0.15) is 0 Å². The average Bonchev–Trinajstić information content (AvgIpc) is 2.89. The fourth-order valence-electron chi connectivity index (χ4n) is 7.89. The smallest absolute Gasteiger partial charge is 0.0500 e. The molecule has 3 rings (SSSR count). The zero-order chi connectivity index (χ0) is 31.3. The van der Waals surface area contributed by atoms with E-state index in [-0.39, 0.29) is 47.2 Å². The molecule has 2 nitrogen and oxygen atoms in total. The van der Waals surface area contributed by atoms with Crippen molar-refractivity contribution in [3.63, 3.8) is 0 Å². The first-order valence-electron chi connectivity index (χ1n) is 16.4. The number of hydrogen-bond donors (Lipinski definition) is 2. The van der Waals surface area contributed by atoms with Gasteiger partial charge in [0.2, 0.25) is 0 Å². The van der Waals surface area contributed by atoms with E-state index >= 15 is 0 Å². The lowest BCUT2D eigenvalue weighted by Gasteiger charge is -2.47. The molecule has 0 unspecified atom stereocenters. The molecule has 0 saturated heterocycles. The second-order valence-corrected chi connectivity index (χ2v) is 15.1. The first-order valence-corrected chi connectivity index (χ1v) is 16.4. The minimum absolute atomic E-state index is 0.0435. The Balaban J connectivity index is 1.93. The Morgan fingerprint density at radius 1 is 0.810 bits per heavy atom. The van der Waals surface area contributed by atoms with Gasteiger partial charge in [-0.15, -0.1) is 0 Å². The van der Waals surface area contributed by atoms with E-state index in [0.29, 0.717) is 0 Å². The van der Waals surface area contributed by atoms with Crippen LogP contribution in [0.2, 0.25) is 0 Å². The van der Waals surface area contributed by atoms with Gasteiger partial charge in [0.15, 0.2) is 0 Å². The Bertz CT molecular complexity index is 1220. The van der Waals surface area contributed by atoms with Crippen LogP contribution in [0.3, 0.4) is 0 Å². The molecule has 0 aromatic carbocycles. The van der Waals surface area contributed by atoms with Crippen LogP contribution < -0.4 is 0 Å². The molecule has 3 aliphatic carbocycles. The minimum atomic E-state index is -0.332. The third-order valence-electron chi connectivity index (χ3n) is 10.8. The summed E-state index contributed by atoms with van der Waals surface area (Å²) in [7, 11) is 0. The first kappa shape index (κ1) is 34.3. The second kappa shape index (κ2) is 14.1. The number of allylic oxidation sites excluding steroid dienone is 15. The van der Waals surface area contributed by atoms with Gasteiger partial charge in [0.05, 0.1) is 0 Å². The van der Waals surface area contributed by atoms with Gasteiger partial charge in [0.25, 0.3) is 0 Å². The highest BCUT2D eigenvalue weighted by Gasteiger charge is 2.45. The molecular formula is C40H60O2. The third-order valence-corrected chi connectivity index (χ3v) is 10.8. The van der Waals surface area contributed by atoms with Crippen molar-refractivity contribution >= 4 is 0 Å². The van der Waals surface area contributed by atoms with Gasteiger partial charge < -0.3 is 10.2 Å². The molecular weight excluding hydrogens is 512 g/mol. The van der Waals surface area contributed by atoms with Crippen LogP contribution in [0.4, 0.5) is 0 Å². The molecule has 0 bridgehead atoms. The molecule has 42 heavy (non-hydrogen) atoms. The number of hydrogen-bond acceptors (Lipinski definition) is 2. The topological polar surface area (TPSA) is 40.5 Å². The molecule has 2 heteroatoms. The van der Waals surface area contributed by atoms with E-state index in [1.54, 1.807) is 0 Å². The maximum atomic E-state index is 10.6. The third kappa shape index (κ3) is 7.86. The highest BCUT2D eigenvalue weighted by atomic mass is 16.3. The Labute approximate surface area is 258 Å². The van der Waals surface area contributed by atoms with Crippen LogP contribution in [0.15, 0.2) is 93.7 Å². The SMILES string of the molecule is CC1=C[C@H](/C=C(C)/C=C/C2=C(C)CCCC2(C)C)[C@@](C)(/C=C/C=C(C)/C=C/C2=C(C)CCCC2(C)C)[C@H](CO)[C@@H]1CO. The lowest BCUT2D eigenvalue weighted by molar-refractivity contribution is 0.0443. The van der Waals surface area contributed by atoms with E-state index in [2.05, 4.69) is 124 Å². The molecule has 0 aliphatic heterocycles. The summed E-state index contributed by atoms with van der Waals surface area (Å²) >= 11 is 0. The van der Waals surface area contributed by atoms with E-state index in [1.165, 1.54) is 77.5 Å². The maximum absolute atomic E-state index is 10.6. The highest BCUT2D eigenvalue weighted by molar-refractivity contribution is 5.39. The summed E-state index contributed by atoms with van der Waals surface area (Å²) < 4.78 is 0. The number of aliphatic hydroxyl groups excluding tert-OH is 2. The molecule has 0 radical (unpaired) electrons. The molecule has 0 fully saturated rings. The lowest BCUT2D eigenvalue weighted by Crippen LogP contribution is -2.44. The second-order valence-electron chi connectivity index (χ2n) is 15.1. The molecule has 3 aliphatic rings. The molecule has 0 heterocycles. The van der Waals surface area contributed by atoms with E-state index in [1.807, 2.05) is 0 Å². The van der Waals surface area contributed by atoms with Gasteiger partial charge in [-0.25, -0.2) is 0 Å². The molecule has 0 saturated carbocycles. The van der Waals surface area contributed by atoms with Gasteiger partial charge in [-0.3, -0.25) is 0 Å². The number of rotatable bonds is 9. The summed E-state index contributed by atoms with van der Waals surface area (Å²) in [6.07, 6.45) is 27.9. The molecule has 2 N–H and O–H groups in total. The number of aliphatic hydroxyl groups is 2. The van der Waals surface area contributed by atoms with Crippen molar-refractivity contribution in [2.24, 2.45) is 34.0 Å². The lowest BCUT2D eigenvalue weighted by atomic mass is 9.58. The predicted octanol–water partition coefficient (Wildman–Crippen LogP) is 10.4. The van der Waals surface area contributed by atoms with Crippen molar-refractivity contribution in [1.82, 2.24) is 0 Å². The Hall–Kier alpha value is -2.16. The zero-order valence-corrected chi connectivity index (χ0v) is 28.5. The quantitative estimate of drug-likeness (QED) is 0.213. The fraction of sp³-hybridized carbons (Fsp3) is 0.600. The Kier molecular flexibility index (Phi) is 11.5. The van der Waals surface area contributed by atoms with Gasteiger partial charge in [-0.05, 0) is 95.1 Å². The van der Waals surface area contributed by atoms with Crippen LogP contribution in [-0.2, 0) is 0 Å².